The second kappa shape index (κ2) is 5.20. The fraction of sp³-hybridized carbons (Fsp3) is 0.545. The summed E-state index contributed by atoms with van der Waals surface area (Å²) in [4.78, 5) is 6.36. The molecule has 1 aromatic rings. The van der Waals surface area contributed by atoms with Gasteiger partial charge in [-0.2, -0.15) is 0 Å². The summed E-state index contributed by atoms with van der Waals surface area (Å²) in [6.07, 6.45) is 4.78. The summed E-state index contributed by atoms with van der Waals surface area (Å²) in [6.45, 7) is 4.38. The van der Waals surface area contributed by atoms with Crippen molar-refractivity contribution in [1.29, 1.82) is 0 Å². The van der Waals surface area contributed by atoms with Crippen LogP contribution in [0.2, 0.25) is 0 Å². The van der Waals surface area contributed by atoms with Crippen LogP contribution in [0.1, 0.15) is 25.8 Å². The van der Waals surface area contributed by atoms with Gasteiger partial charge in [0.05, 0.1) is 11.9 Å². The van der Waals surface area contributed by atoms with Crippen LogP contribution in [0.25, 0.3) is 0 Å². The highest BCUT2D eigenvalue weighted by Crippen LogP contribution is 2.22. The summed E-state index contributed by atoms with van der Waals surface area (Å²) in [5.74, 6) is 0.540. The van der Waals surface area contributed by atoms with Crippen LogP contribution >= 0.6 is 11.6 Å². The Morgan fingerprint density at radius 3 is 2.86 bits per heavy atom. The van der Waals surface area contributed by atoms with E-state index in [-0.39, 0.29) is 0 Å². The normalized spacial score (nSPS) is 12.6. The Kier molecular flexibility index (Phi) is 4.21. The number of anilines is 1. The van der Waals surface area contributed by atoms with E-state index in [9.17, 15) is 0 Å². The third-order valence-electron chi connectivity index (χ3n) is 2.66. The average molecular weight is 213 g/mol. The number of rotatable bonds is 4. The van der Waals surface area contributed by atoms with E-state index in [1.165, 1.54) is 0 Å². The first-order valence-corrected chi connectivity index (χ1v) is 5.45. The van der Waals surface area contributed by atoms with Gasteiger partial charge in [0, 0.05) is 25.2 Å². The molecular formula is C11H17ClN2. The van der Waals surface area contributed by atoms with Crippen LogP contribution in [0.4, 0.5) is 5.69 Å². The molecule has 1 atom stereocenters. The van der Waals surface area contributed by atoms with Gasteiger partial charge in [-0.05, 0) is 25.0 Å². The Bertz CT molecular complexity index is 288. The van der Waals surface area contributed by atoms with Crippen molar-refractivity contribution in [2.45, 2.75) is 32.2 Å². The average Bonchev–Trinajstić information content (AvgIpc) is 2.26. The number of halogens is 1. The fourth-order valence-electron chi connectivity index (χ4n) is 1.36. The lowest BCUT2D eigenvalue weighted by atomic mass is 10.2. The van der Waals surface area contributed by atoms with Crippen molar-refractivity contribution in [1.82, 2.24) is 4.98 Å². The third-order valence-corrected chi connectivity index (χ3v) is 2.95. The van der Waals surface area contributed by atoms with Crippen LogP contribution < -0.4 is 4.90 Å². The van der Waals surface area contributed by atoms with Crippen molar-refractivity contribution < 1.29 is 0 Å². The third kappa shape index (κ3) is 2.38. The first-order valence-electron chi connectivity index (χ1n) is 4.92. The Hall–Kier alpha value is -0.760. The van der Waals surface area contributed by atoms with Crippen molar-refractivity contribution in [3.8, 4) is 0 Å². The molecule has 0 spiro atoms. The summed E-state index contributed by atoms with van der Waals surface area (Å²) < 4.78 is 0. The maximum Gasteiger partial charge on any atom is 0.0597 e. The molecule has 14 heavy (non-hydrogen) atoms. The Morgan fingerprint density at radius 2 is 2.29 bits per heavy atom. The molecular weight excluding hydrogens is 196 g/mol. The van der Waals surface area contributed by atoms with Crippen molar-refractivity contribution in [3.05, 3.63) is 24.0 Å². The highest BCUT2D eigenvalue weighted by Gasteiger charge is 2.11. The van der Waals surface area contributed by atoms with Crippen LogP contribution in [0.5, 0.6) is 0 Å². The Morgan fingerprint density at radius 1 is 1.57 bits per heavy atom. The topological polar surface area (TPSA) is 16.1 Å². The van der Waals surface area contributed by atoms with E-state index in [0.29, 0.717) is 11.9 Å². The van der Waals surface area contributed by atoms with Gasteiger partial charge in [-0.3, -0.25) is 4.98 Å². The maximum absolute atomic E-state index is 5.87. The predicted molar refractivity (Wildman–Crippen MR) is 62.0 cm³/mol. The predicted octanol–water partition coefficient (Wildman–Crippen LogP) is 3.06. The molecule has 0 amide bonds. The van der Waals surface area contributed by atoms with Crippen molar-refractivity contribution in [2.75, 3.05) is 11.9 Å². The van der Waals surface area contributed by atoms with E-state index < -0.39 is 0 Å². The quantitative estimate of drug-likeness (QED) is 0.714. The van der Waals surface area contributed by atoms with Crippen LogP contribution in [0, 0.1) is 0 Å². The van der Waals surface area contributed by atoms with Crippen molar-refractivity contribution >= 4 is 17.3 Å². The largest absolute Gasteiger partial charge is 0.370 e. The summed E-state index contributed by atoms with van der Waals surface area (Å²) in [5.41, 5.74) is 2.28. The minimum atomic E-state index is 0.515. The lowest BCUT2D eigenvalue weighted by Crippen LogP contribution is -2.28. The number of hydrogen-bond acceptors (Lipinski definition) is 2. The molecule has 0 aliphatic carbocycles. The molecule has 2 nitrogen and oxygen atoms in total. The minimum absolute atomic E-state index is 0.515. The van der Waals surface area contributed by atoms with Gasteiger partial charge in [0.25, 0.3) is 0 Å². The van der Waals surface area contributed by atoms with Crippen LogP contribution in [0.15, 0.2) is 18.5 Å². The highest BCUT2D eigenvalue weighted by molar-refractivity contribution is 6.17. The molecule has 0 aliphatic rings. The van der Waals surface area contributed by atoms with Crippen molar-refractivity contribution in [3.63, 3.8) is 0 Å². The molecule has 0 N–H and O–H groups in total. The van der Waals surface area contributed by atoms with E-state index in [4.69, 9.17) is 11.6 Å². The second-order valence-corrected chi connectivity index (χ2v) is 3.77. The van der Waals surface area contributed by atoms with Gasteiger partial charge >= 0.3 is 0 Å². The molecule has 0 saturated heterocycles. The molecule has 0 aromatic carbocycles. The van der Waals surface area contributed by atoms with Gasteiger partial charge in [0.2, 0.25) is 0 Å². The van der Waals surface area contributed by atoms with E-state index in [1.54, 1.807) is 6.20 Å². The summed E-state index contributed by atoms with van der Waals surface area (Å²) in [5, 5.41) is 0. The number of pyridine rings is 1. The second-order valence-electron chi connectivity index (χ2n) is 3.51. The van der Waals surface area contributed by atoms with Gasteiger partial charge in [0.1, 0.15) is 0 Å². The molecule has 0 radical (unpaired) electrons. The monoisotopic (exact) mass is 212 g/mol. The first-order chi connectivity index (χ1) is 6.70. The molecule has 3 heteroatoms. The Balaban J connectivity index is 2.93. The summed E-state index contributed by atoms with van der Waals surface area (Å²) in [7, 11) is 2.08. The van der Waals surface area contributed by atoms with E-state index in [2.05, 4.69) is 30.8 Å². The zero-order valence-electron chi connectivity index (χ0n) is 9.00. The van der Waals surface area contributed by atoms with Gasteiger partial charge in [-0.25, -0.2) is 0 Å². The zero-order valence-corrected chi connectivity index (χ0v) is 9.75. The highest BCUT2D eigenvalue weighted by atomic mass is 35.5. The number of nitrogens with zero attached hydrogens (tertiary/aromatic N) is 2. The minimum Gasteiger partial charge on any atom is -0.370 e. The molecule has 1 rings (SSSR count). The van der Waals surface area contributed by atoms with Gasteiger partial charge < -0.3 is 4.90 Å². The van der Waals surface area contributed by atoms with Gasteiger partial charge in [-0.1, -0.05) is 6.92 Å². The summed E-state index contributed by atoms with van der Waals surface area (Å²) >= 11 is 5.87. The first kappa shape index (κ1) is 11.3. The molecule has 1 unspecified atom stereocenters. The molecule has 78 valence electrons. The molecule has 0 bridgehead atoms. The number of alkyl halides is 1. The van der Waals surface area contributed by atoms with Crippen LogP contribution in [-0.4, -0.2) is 18.1 Å². The van der Waals surface area contributed by atoms with E-state index >= 15 is 0 Å². The molecule has 0 aliphatic heterocycles. The lowest BCUT2D eigenvalue weighted by Gasteiger charge is -2.27. The SMILES string of the molecule is CCC(C)N(C)c1cnccc1CCl. The molecule has 0 fully saturated rings. The fourth-order valence-corrected chi connectivity index (χ4v) is 1.58. The Labute approximate surface area is 90.9 Å². The van der Waals surface area contributed by atoms with Crippen molar-refractivity contribution in [2.24, 2.45) is 0 Å². The van der Waals surface area contributed by atoms with E-state index in [0.717, 1.165) is 17.7 Å². The standard InChI is InChI=1S/C11H17ClN2/c1-4-9(2)14(3)11-8-13-6-5-10(11)7-12/h5-6,8-9H,4,7H2,1-3H3. The van der Waals surface area contributed by atoms with Crippen LogP contribution in [-0.2, 0) is 5.88 Å². The molecule has 1 aromatic heterocycles. The van der Waals surface area contributed by atoms with E-state index in [1.807, 2.05) is 12.3 Å². The summed E-state index contributed by atoms with van der Waals surface area (Å²) in [6, 6.07) is 2.49. The lowest BCUT2D eigenvalue weighted by molar-refractivity contribution is 0.661. The number of hydrogen-bond donors (Lipinski definition) is 0. The van der Waals surface area contributed by atoms with Gasteiger partial charge in [0.15, 0.2) is 0 Å². The number of aromatic nitrogens is 1. The molecule has 1 heterocycles. The molecule has 0 saturated carbocycles. The van der Waals surface area contributed by atoms with Crippen LogP contribution in [0.3, 0.4) is 0 Å². The smallest absolute Gasteiger partial charge is 0.0597 e. The maximum atomic E-state index is 5.87. The zero-order chi connectivity index (χ0) is 10.6. The van der Waals surface area contributed by atoms with Gasteiger partial charge in [-0.15, -0.1) is 11.6 Å².